The van der Waals surface area contributed by atoms with E-state index in [1.165, 1.54) is 4.90 Å². The molecule has 5 heteroatoms. The predicted molar refractivity (Wildman–Crippen MR) is 67.0 cm³/mol. The number of urea groups is 1. The Morgan fingerprint density at radius 3 is 3.06 bits per heavy atom. The van der Waals surface area contributed by atoms with Gasteiger partial charge in [0, 0.05) is 36.4 Å². The van der Waals surface area contributed by atoms with Crippen LogP contribution in [0.1, 0.15) is 0 Å². The molecule has 0 aliphatic rings. The van der Waals surface area contributed by atoms with Crippen LogP contribution in [0, 0.1) is 0 Å². The van der Waals surface area contributed by atoms with Gasteiger partial charge in [0.05, 0.1) is 6.61 Å². The number of aliphatic hydroxyl groups excluding tert-OH is 1. The Balaban J connectivity index is 2.09. The minimum atomic E-state index is -0.228. The fourth-order valence-electron chi connectivity index (χ4n) is 1.60. The molecule has 1 aromatic heterocycles. The van der Waals surface area contributed by atoms with Crippen LogP contribution in [0.25, 0.3) is 10.9 Å². The van der Waals surface area contributed by atoms with Crippen molar-refractivity contribution in [3.05, 3.63) is 30.5 Å². The maximum Gasteiger partial charge on any atom is 0.321 e. The zero-order valence-corrected chi connectivity index (χ0v) is 9.60. The molecule has 2 rings (SSSR count). The van der Waals surface area contributed by atoms with Crippen molar-refractivity contribution in [3.8, 4) is 0 Å². The first kappa shape index (κ1) is 11.5. The lowest BCUT2D eigenvalue weighted by molar-refractivity contribution is 0.202. The molecular weight excluding hydrogens is 218 g/mol. The molecule has 5 nitrogen and oxygen atoms in total. The number of aliphatic hydroxyl groups is 1. The Hall–Kier alpha value is -2.01. The minimum Gasteiger partial charge on any atom is -0.395 e. The van der Waals surface area contributed by atoms with Crippen LogP contribution in [0.2, 0.25) is 0 Å². The Bertz CT molecular complexity index is 521. The topological polar surface area (TPSA) is 68.4 Å². The van der Waals surface area contributed by atoms with Gasteiger partial charge in [-0.3, -0.25) is 0 Å². The lowest BCUT2D eigenvalue weighted by Gasteiger charge is -2.16. The van der Waals surface area contributed by atoms with E-state index in [4.69, 9.17) is 5.11 Å². The number of nitrogens with one attached hydrogen (secondary N) is 2. The van der Waals surface area contributed by atoms with Crippen molar-refractivity contribution < 1.29 is 9.90 Å². The van der Waals surface area contributed by atoms with E-state index in [1.54, 1.807) is 7.05 Å². The third-order valence-corrected chi connectivity index (χ3v) is 2.59. The molecule has 3 N–H and O–H groups in total. The summed E-state index contributed by atoms with van der Waals surface area (Å²) in [5.41, 5.74) is 1.78. The van der Waals surface area contributed by atoms with Crippen molar-refractivity contribution in [1.82, 2.24) is 9.88 Å². The van der Waals surface area contributed by atoms with Crippen LogP contribution in [-0.4, -0.2) is 41.2 Å². The molecule has 0 unspecified atom stereocenters. The third kappa shape index (κ3) is 2.57. The molecule has 0 saturated carbocycles. The zero-order valence-electron chi connectivity index (χ0n) is 9.60. The predicted octanol–water partition coefficient (Wildman–Crippen LogP) is 1.62. The van der Waals surface area contributed by atoms with Crippen molar-refractivity contribution in [2.45, 2.75) is 0 Å². The normalized spacial score (nSPS) is 10.5. The number of carbonyl (C=O) groups is 1. The first-order valence-corrected chi connectivity index (χ1v) is 5.41. The maximum absolute atomic E-state index is 11.7. The van der Waals surface area contributed by atoms with E-state index in [9.17, 15) is 4.79 Å². The smallest absolute Gasteiger partial charge is 0.321 e. The molecular formula is C12H15N3O2. The van der Waals surface area contributed by atoms with Gasteiger partial charge in [-0.05, 0) is 24.3 Å². The van der Waals surface area contributed by atoms with Crippen molar-refractivity contribution in [2.75, 3.05) is 25.5 Å². The maximum atomic E-state index is 11.7. The molecule has 1 heterocycles. The number of H-pyrrole nitrogens is 1. The number of aromatic nitrogens is 1. The SMILES string of the molecule is CN(CCO)C(=O)Nc1ccc2[nH]ccc2c1. The van der Waals surface area contributed by atoms with Crippen molar-refractivity contribution in [1.29, 1.82) is 0 Å². The fraction of sp³-hybridized carbons (Fsp3) is 0.250. The summed E-state index contributed by atoms with van der Waals surface area (Å²) >= 11 is 0. The van der Waals surface area contributed by atoms with Gasteiger partial charge in [0.15, 0.2) is 0 Å². The van der Waals surface area contributed by atoms with Crippen LogP contribution in [0.3, 0.4) is 0 Å². The number of anilines is 1. The fourth-order valence-corrected chi connectivity index (χ4v) is 1.60. The van der Waals surface area contributed by atoms with E-state index in [2.05, 4.69) is 10.3 Å². The van der Waals surface area contributed by atoms with Crippen LogP contribution < -0.4 is 5.32 Å². The molecule has 0 aliphatic heterocycles. The summed E-state index contributed by atoms with van der Waals surface area (Å²) in [7, 11) is 1.64. The Kier molecular flexibility index (Phi) is 3.30. The van der Waals surface area contributed by atoms with Gasteiger partial charge in [-0.1, -0.05) is 0 Å². The molecule has 0 aliphatic carbocycles. The van der Waals surface area contributed by atoms with Gasteiger partial charge < -0.3 is 20.3 Å². The van der Waals surface area contributed by atoms with Gasteiger partial charge in [-0.2, -0.15) is 0 Å². The van der Waals surface area contributed by atoms with E-state index >= 15 is 0 Å². The number of hydrogen-bond acceptors (Lipinski definition) is 2. The average molecular weight is 233 g/mol. The molecule has 2 amide bonds. The number of benzene rings is 1. The Labute approximate surface area is 99.0 Å². The van der Waals surface area contributed by atoms with Crippen LogP contribution in [0.4, 0.5) is 10.5 Å². The van der Waals surface area contributed by atoms with Gasteiger partial charge in [0.1, 0.15) is 0 Å². The van der Waals surface area contributed by atoms with E-state index in [1.807, 2.05) is 30.5 Å². The number of amides is 2. The van der Waals surface area contributed by atoms with Gasteiger partial charge in [0.2, 0.25) is 0 Å². The Morgan fingerprint density at radius 1 is 1.47 bits per heavy atom. The van der Waals surface area contributed by atoms with Gasteiger partial charge in [0.25, 0.3) is 0 Å². The Morgan fingerprint density at radius 2 is 2.29 bits per heavy atom. The van der Waals surface area contributed by atoms with Gasteiger partial charge >= 0.3 is 6.03 Å². The second-order valence-corrected chi connectivity index (χ2v) is 3.86. The standard InChI is InChI=1S/C12H15N3O2/c1-15(6-7-16)12(17)14-10-2-3-11-9(8-10)4-5-13-11/h2-5,8,13,16H,6-7H2,1H3,(H,14,17). The summed E-state index contributed by atoms with van der Waals surface area (Å²) in [5.74, 6) is 0. The van der Waals surface area contributed by atoms with E-state index < -0.39 is 0 Å². The second kappa shape index (κ2) is 4.88. The first-order chi connectivity index (χ1) is 8.20. The molecule has 0 radical (unpaired) electrons. The summed E-state index contributed by atoms with van der Waals surface area (Å²) in [4.78, 5) is 16.2. The van der Waals surface area contributed by atoms with Crippen LogP contribution in [0.5, 0.6) is 0 Å². The highest BCUT2D eigenvalue weighted by atomic mass is 16.3. The number of rotatable bonds is 3. The van der Waals surface area contributed by atoms with Crippen molar-refractivity contribution >= 4 is 22.6 Å². The van der Waals surface area contributed by atoms with Gasteiger partial charge in [-0.15, -0.1) is 0 Å². The van der Waals surface area contributed by atoms with Crippen LogP contribution in [-0.2, 0) is 0 Å². The molecule has 1 aromatic carbocycles. The van der Waals surface area contributed by atoms with E-state index in [0.29, 0.717) is 6.54 Å². The molecule has 90 valence electrons. The molecule has 0 saturated heterocycles. The molecule has 0 spiro atoms. The number of likely N-dealkylation sites (N-methyl/N-ethyl adjacent to an activating group) is 1. The lowest BCUT2D eigenvalue weighted by atomic mass is 10.2. The average Bonchev–Trinajstić information content (AvgIpc) is 2.76. The van der Waals surface area contributed by atoms with Crippen LogP contribution >= 0.6 is 0 Å². The first-order valence-electron chi connectivity index (χ1n) is 5.41. The highest BCUT2D eigenvalue weighted by molar-refractivity contribution is 5.92. The van der Waals surface area contributed by atoms with E-state index in [-0.39, 0.29) is 12.6 Å². The number of fused-ring (bicyclic) bond motifs is 1. The highest BCUT2D eigenvalue weighted by Crippen LogP contribution is 2.17. The van der Waals surface area contributed by atoms with Crippen molar-refractivity contribution in [2.24, 2.45) is 0 Å². The summed E-state index contributed by atoms with van der Waals surface area (Å²) in [6.07, 6.45) is 1.86. The number of aromatic amines is 1. The second-order valence-electron chi connectivity index (χ2n) is 3.86. The minimum absolute atomic E-state index is 0.0409. The van der Waals surface area contributed by atoms with Gasteiger partial charge in [-0.25, -0.2) is 4.79 Å². The summed E-state index contributed by atoms with van der Waals surface area (Å²) in [5, 5.41) is 12.6. The third-order valence-electron chi connectivity index (χ3n) is 2.59. The zero-order chi connectivity index (χ0) is 12.3. The monoisotopic (exact) mass is 233 g/mol. The highest BCUT2D eigenvalue weighted by Gasteiger charge is 2.07. The summed E-state index contributed by atoms with van der Waals surface area (Å²) in [6, 6.07) is 7.37. The lowest BCUT2D eigenvalue weighted by Crippen LogP contribution is -2.33. The van der Waals surface area contributed by atoms with Crippen molar-refractivity contribution in [3.63, 3.8) is 0 Å². The largest absolute Gasteiger partial charge is 0.395 e. The molecule has 0 atom stereocenters. The summed E-state index contributed by atoms with van der Waals surface area (Å²) < 4.78 is 0. The van der Waals surface area contributed by atoms with E-state index in [0.717, 1.165) is 16.6 Å². The molecule has 0 fully saturated rings. The number of hydrogen-bond donors (Lipinski definition) is 3. The summed E-state index contributed by atoms with van der Waals surface area (Å²) in [6.45, 7) is 0.277. The number of nitrogens with zero attached hydrogens (tertiary/aromatic N) is 1. The molecule has 2 aromatic rings. The number of carbonyl (C=O) groups excluding carboxylic acids is 1. The molecule has 0 bridgehead atoms. The quantitative estimate of drug-likeness (QED) is 0.754. The molecule has 17 heavy (non-hydrogen) atoms. The van der Waals surface area contributed by atoms with Crippen LogP contribution in [0.15, 0.2) is 30.5 Å².